The Morgan fingerprint density at radius 1 is 1.00 bits per heavy atom. The molecule has 0 atom stereocenters. The molecule has 1 N–H and O–H groups in total. The average molecular weight is 348 g/mol. The van der Waals surface area contributed by atoms with Gasteiger partial charge >= 0.3 is 5.97 Å². The van der Waals surface area contributed by atoms with E-state index in [1.54, 1.807) is 24.3 Å². The highest BCUT2D eigenvalue weighted by Gasteiger charge is 2.04. The monoisotopic (exact) mass is 348 g/mol. The summed E-state index contributed by atoms with van der Waals surface area (Å²) in [6, 6.07) is 23.3. The van der Waals surface area contributed by atoms with E-state index >= 15 is 0 Å². The Bertz CT molecular complexity index is 966. The van der Waals surface area contributed by atoms with Crippen molar-refractivity contribution in [2.24, 2.45) is 0 Å². The molecule has 3 aromatic carbocycles. The topological polar surface area (TPSA) is 46.5 Å². The van der Waals surface area contributed by atoms with Gasteiger partial charge in [-0.05, 0) is 59.4 Å². The Labute approximate surface area is 156 Å². The lowest BCUT2D eigenvalue weighted by atomic mass is 9.99. The van der Waals surface area contributed by atoms with Gasteiger partial charge in [-0.3, -0.25) is 4.79 Å². The third kappa shape index (κ3) is 4.73. The molecule has 0 heterocycles. The van der Waals surface area contributed by atoms with E-state index in [1.165, 1.54) is 11.1 Å². The number of carbonyl (C=O) groups is 1. The van der Waals surface area contributed by atoms with Gasteiger partial charge in [-0.2, -0.15) is 0 Å². The standard InChI is InChI=1S/C23H22O3/c1-17-5-2-3-8-22(17)20-7-4-6-19(15-20)16-26-21-12-9-18(10-13-21)11-14-23(24)25/h2-10,12-13,15H,11,14,16H2,1H3,(H,24,25)/i14D2. The third-order valence-corrected chi connectivity index (χ3v) is 4.16. The van der Waals surface area contributed by atoms with Crippen LogP contribution in [0.2, 0.25) is 0 Å². The summed E-state index contributed by atoms with van der Waals surface area (Å²) < 4.78 is 20.9. The van der Waals surface area contributed by atoms with Crippen LogP contribution in [0.25, 0.3) is 11.1 Å². The zero-order chi connectivity index (χ0) is 20.1. The molecular formula is C23H22O3. The van der Waals surface area contributed by atoms with Crippen molar-refractivity contribution in [2.75, 3.05) is 0 Å². The van der Waals surface area contributed by atoms with Crippen LogP contribution in [-0.4, -0.2) is 11.1 Å². The molecule has 132 valence electrons. The maximum atomic E-state index is 10.9. The first-order chi connectivity index (χ1) is 13.3. The smallest absolute Gasteiger partial charge is 0.303 e. The van der Waals surface area contributed by atoms with Gasteiger partial charge in [0.2, 0.25) is 0 Å². The van der Waals surface area contributed by atoms with Crippen molar-refractivity contribution in [3.63, 3.8) is 0 Å². The average Bonchev–Trinajstić information content (AvgIpc) is 2.68. The normalized spacial score (nSPS) is 12.2. The molecule has 0 aromatic heterocycles. The maximum Gasteiger partial charge on any atom is 0.303 e. The quantitative estimate of drug-likeness (QED) is 0.633. The fraction of sp³-hybridized carbons (Fsp3) is 0.174. The summed E-state index contributed by atoms with van der Waals surface area (Å²) in [6.07, 6.45) is -2.46. The van der Waals surface area contributed by atoms with Crippen LogP contribution in [0.15, 0.2) is 72.8 Å². The first-order valence-electron chi connectivity index (χ1n) is 9.45. The largest absolute Gasteiger partial charge is 0.489 e. The number of aliphatic carboxylic acids is 1. The first kappa shape index (κ1) is 15.2. The van der Waals surface area contributed by atoms with Crippen LogP contribution in [0.1, 0.15) is 25.8 Å². The van der Waals surface area contributed by atoms with Gasteiger partial charge in [-0.1, -0.05) is 54.6 Å². The van der Waals surface area contributed by atoms with Crippen molar-refractivity contribution < 1.29 is 17.4 Å². The molecule has 3 nitrogen and oxygen atoms in total. The number of hydrogen-bond acceptors (Lipinski definition) is 2. The molecule has 0 fully saturated rings. The van der Waals surface area contributed by atoms with E-state index in [2.05, 4.69) is 31.2 Å². The molecular weight excluding hydrogens is 324 g/mol. The second-order valence-electron chi connectivity index (χ2n) is 6.11. The van der Waals surface area contributed by atoms with Gasteiger partial charge in [0, 0.05) is 9.11 Å². The predicted molar refractivity (Wildman–Crippen MR) is 103 cm³/mol. The van der Waals surface area contributed by atoms with Crippen LogP contribution in [0.3, 0.4) is 0 Å². The number of carboxylic acids is 1. The summed E-state index contributed by atoms with van der Waals surface area (Å²) in [5.41, 5.74) is 5.22. The minimum atomic E-state index is -2.28. The molecule has 0 amide bonds. The van der Waals surface area contributed by atoms with Gasteiger partial charge < -0.3 is 9.84 Å². The SMILES string of the molecule is [2H]C([2H])(Cc1ccc(OCc2cccc(-c3ccccc3C)c2)cc1)C(=O)O. The van der Waals surface area contributed by atoms with Crippen LogP contribution >= 0.6 is 0 Å². The van der Waals surface area contributed by atoms with E-state index in [1.807, 2.05) is 24.3 Å². The maximum absolute atomic E-state index is 10.9. The van der Waals surface area contributed by atoms with E-state index < -0.39 is 12.3 Å². The summed E-state index contributed by atoms with van der Waals surface area (Å²) >= 11 is 0. The predicted octanol–water partition coefficient (Wildman–Crippen LogP) is 5.26. The van der Waals surface area contributed by atoms with Crippen molar-refractivity contribution in [1.82, 2.24) is 0 Å². The van der Waals surface area contributed by atoms with Gasteiger partial charge in [0.05, 0.1) is 0 Å². The molecule has 26 heavy (non-hydrogen) atoms. The highest BCUT2D eigenvalue weighted by atomic mass is 16.5. The van der Waals surface area contributed by atoms with Gasteiger partial charge in [-0.25, -0.2) is 0 Å². The lowest BCUT2D eigenvalue weighted by molar-refractivity contribution is -0.136. The minimum absolute atomic E-state index is 0.179. The molecule has 0 bridgehead atoms. The van der Waals surface area contributed by atoms with E-state index in [4.69, 9.17) is 12.6 Å². The van der Waals surface area contributed by atoms with Crippen LogP contribution in [0, 0.1) is 6.92 Å². The lowest BCUT2D eigenvalue weighted by Crippen LogP contribution is -1.98. The Morgan fingerprint density at radius 3 is 2.50 bits per heavy atom. The van der Waals surface area contributed by atoms with Gasteiger partial charge in [0.25, 0.3) is 0 Å². The van der Waals surface area contributed by atoms with Crippen molar-refractivity contribution >= 4 is 5.97 Å². The fourth-order valence-corrected chi connectivity index (χ4v) is 2.77. The van der Waals surface area contributed by atoms with Gasteiger partial charge in [-0.15, -0.1) is 0 Å². The molecule has 3 heteroatoms. The van der Waals surface area contributed by atoms with E-state index in [0.29, 0.717) is 17.9 Å². The second kappa shape index (κ2) is 8.34. The van der Waals surface area contributed by atoms with Crippen LogP contribution in [0.4, 0.5) is 0 Å². The Morgan fingerprint density at radius 2 is 1.77 bits per heavy atom. The summed E-state index contributed by atoms with van der Waals surface area (Å²) in [6.45, 7) is 2.50. The zero-order valence-electron chi connectivity index (χ0n) is 16.6. The van der Waals surface area contributed by atoms with Gasteiger partial charge in [0.1, 0.15) is 12.4 Å². The second-order valence-corrected chi connectivity index (χ2v) is 6.11. The van der Waals surface area contributed by atoms with Crippen molar-refractivity contribution in [3.05, 3.63) is 89.5 Å². The summed E-state index contributed by atoms with van der Waals surface area (Å²) in [5.74, 6) is -0.803. The first-order valence-corrected chi connectivity index (χ1v) is 8.45. The Balaban J connectivity index is 1.66. The number of ether oxygens (including phenoxy) is 1. The fourth-order valence-electron chi connectivity index (χ4n) is 2.77. The number of aryl methyl sites for hydroxylation is 2. The van der Waals surface area contributed by atoms with Crippen LogP contribution in [0.5, 0.6) is 5.75 Å². The van der Waals surface area contributed by atoms with E-state index in [0.717, 1.165) is 11.1 Å². The molecule has 0 aliphatic rings. The molecule has 0 saturated carbocycles. The summed E-state index contributed by atoms with van der Waals surface area (Å²) in [7, 11) is 0. The minimum Gasteiger partial charge on any atom is -0.489 e. The number of rotatable bonds is 7. The van der Waals surface area contributed by atoms with Gasteiger partial charge in [0.15, 0.2) is 0 Å². The van der Waals surface area contributed by atoms with E-state index in [9.17, 15) is 4.79 Å². The van der Waals surface area contributed by atoms with E-state index in [-0.39, 0.29) is 6.42 Å². The van der Waals surface area contributed by atoms with Crippen molar-refractivity contribution in [1.29, 1.82) is 0 Å². The number of carboxylic acid groups (broad SMARTS) is 1. The molecule has 0 saturated heterocycles. The number of hydrogen-bond donors (Lipinski definition) is 1. The molecule has 3 rings (SSSR count). The van der Waals surface area contributed by atoms with Crippen LogP contribution < -0.4 is 4.74 Å². The summed E-state index contributed by atoms with van der Waals surface area (Å²) in [4.78, 5) is 10.9. The molecule has 0 spiro atoms. The Kier molecular flexibility index (Phi) is 4.88. The lowest BCUT2D eigenvalue weighted by Gasteiger charge is -2.10. The zero-order valence-corrected chi connectivity index (χ0v) is 14.6. The Hall–Kier alpha value is -3.07. The van der Waals surface area contributed by atoms with Crippen LogP contribution in [-0.2, 0) is 17.8 Å². The summed E-state index contributed by atoms with van der Waals surface area (Å²) in [5, 5.41) is 8.89. The molecule has 0 unspecified atom stereocenters. The molecule has 0 aliphatic carbocycles. The molecule has 3 aromatic rings. The van der Waals surface area contributed by atoms with Crippen molar-refractivity contribution in [3.8, 4) is 16.9 Å². The molecule has 0 radical (unpaired) electrons. The number of benzene rings is 3. The highest BCUT2D eigenvalue weighted by molar-refractivity contribution is 5.68. The molecule has 0 aliphatic heterocycles. The highest BCUT2D eigenvalue weighted by Crippen LogP contribution is 2.24. The van der Waals surface area contributed by atoms with Crippen molar-refractivity contribution in [2.45, 2.75) is 26.3 Å². The third-order valence-electron chi connectivity index (χ3n) is 4.16.